The van der Waals surface area contributed by atoms with Crippen LogP contribution in [-0.2, 0) is 4.79 Å². The number of anilines is 1. The molecule has 0 spiro atoms. The molecule has 1 saturated heterocycles. The molecule has 2 aliphatic heterocycles. The Kier molecular flexibility index (Phi) is 2.91. The molecule has 1 aromatic carbocycles. The summed E-state index contributed by atoms with van der Waals surface area (Å²) in [5.74, 6) is 0.652. The number of ether oxygens (including phenoxy) is 1. The molecule has 18 heavy (non-hydrogen) atoms. The molecule has 4 N–H and O–H groups in total. The van der Waals surface area contributed by atoms with Gasteiger partial charge in [0, 0.05) is 6.42 Å². The Morgan fingerprint density at radius 1 is 1.33 bits per heavy atom. The van der Waals surface area contributed by atoms with Crippen LogP contribution in [0.4, 0.5) is 5.69 Å². The number of hydrogen-bond acceptors (Lipinski definition) is 5. The van der Waals surface area contributed by atoms with E-state index < -0.39 is 6.23 Å². The zero-order chi connectivity index (χ0) is 12.5. The Morgan fingerprint density at radius 3 is 3.00 bits per heavy atom. The van der Waals surface area contributed by atoms with Gasteiger partial charge in [0.15, 0.2) is 0 Å². The van der Waals surface area contributed by atoms with Crippen LogP contribution in [-0.4, -0.2) is 23.8 Å². The number of benzene rings is 1. The number of amides is 1. The van der Waals surface area contributed by atoms with E-state index in [4.69, 9.17) is 4.74 Å². The second kappa shape index (κ2) is 4.56. The number of hydrazine groups is 1. The molecule has 2 heterocycles. The van der Waals surface area contributed by atoms with Crippen molar-refractivity contribution in [1.29, 1.82) is 0 Å². The van der Waals surface area contributed by atoms with Crippen molar-refractivity contribution in [3.8, 4) is 5.75 Å². The molecule has 1 aromatic rings. The van der Waals surface area contributed by atoms with Crippen LogP contribution in [0.25, 0.3) is 0 Å². The van der Waals surface area contributed by atoms with E-state index in [1.807, 2.05) is 18.2 Å². The van der Waals surface area contributed by atoms with Crippen LogP contribution in [0.15, 0.2) is 18.2 Å². The van der Waals surface area contributed by atoms with Gasteiger partial charge in [0.1, 0.15) is 12.0 Å². The topological polar surface area (TPSA) is 82.6 Å². The average Bonchev–Trinajstić information content (AvgIpc) is 2.69. The molecule has 96 valence electrons. The maximum absolute atomic E-state index is 11.5. The first-order valence-corrected chi connectivity index (χ1v) is 5.98. The number of aliphatic hydroxyl groups is 1. The van der Waals surface area contributed by atoms with E-state index in [0.717, 1.165) is 5.56 Å². The first-order valence-electron chi connectivity index (χ1n) is 5.98. The van der Waals surface area contributed by atoms with E-state index in [2.05, 4.69) is 16.2 Å². The lowest BCUT2D eigenvalue weighted by Gasteiger charge is -2.13. The summed E-state index contributed by atoms with van der Waals surface area (Å²) in [4.78, 5) is 11.5. The molecule has 0 aliphatic carbocycles. The molecule has 0 bridgehead atoms. The number of rotatable bonds is 1. The van der Waals surface area contributed by atoms with Gasteiger partial charge in [-0.15, -0.1) is 0 Å². The molecule has 0 saturated carbocycles. The van der Waals surface area contributed by atoms with Gasteiger partial charge in [-0.2, -0.15) is 0 Å². The molecule has 0 aromatic heterocycles. The summed E-state index contributed by atoms with van der Waals surface area (Å²) in [6, 6.07) is 5.71. The highest BCUT2D eigenvalue weighted by molar-refractivity contribution is 5.93. The maximum atomic E-state index is 11.5. The molecule has 2 atom stereocenters. The van der Waals surface area contributed by atoms with E-state index in [-0.39, 0.29) is 11.9 Å². The molecular weight excluding hydrogens is 234 g/mol. The fourth-order valence-electron chi connectivity index (χ4n) is 2.21. The van der Waals surface area contributed by atoms with Crippen LogP contribution < -0.4 is 20.9 Å². The molecule has 0 radical (unpaired) electrons. The van der Waals surface area contributed by atoms with Gasteiger partial charge in [-0.25, -0.2) is 10.9 Å². The van der Waals surface area contributed by atoms with Gasteiger partial charge >= 0.3 is 0 Å². The number of fused-ring (bicyclic) bond motifs is 1. The van der Waals surface area contributed by atoms with Gasteiger partial charge in [-0.1, -0.05) is 6.07 Å². The standard InChI is InChI=1S/C12H15N3O3/c16-11-3-4-18-10-2-1-7(5-9(10)13-11)8-6-12(17)15-14-8/h1-2,5,8,12,14-15,17H,3-4,6H2,(H,13,16). The number of carbonyl (C=O) groups excluding carboxylic acids is 1. The van der Waals surface area contributed by atoms with Gasteiger partial charge < -0.3 is 15.2 Å². The van der Waals surface area contributed by atoms with Crippen molar-refractivity contribution >= 4 is 11.6 Å². The Bertz CT molecular complexity index is 478. The second-order valence-corrected chi connectivity index (χ2v) is 4.49. The van der Waals surface area contributed by atoms with Crippen molar-refractivity contribution in [3.63, 3.8) is 0 Å². The molecule has 6 heteroatoms. The van der Waals surface area contributed by atoms with E-state index >= 15 is 0 Å². The van der Waals surface area contributed by atoms with Gasteiger partial charge in [-0.3, -0.25) is 4.79 Å². The third-order valence-electron chi connectivity index (χ3n) is 3.15. The quantitative estimate of drug-likeness (QED) is 0.574. The molecule has 1 fully saturated rings. The highest BCUT2D eigenvalue weighted by atomic mass is 16.5. The summed E-state index contributed by atoms with van der Waals surface area (Å²) < 4.78 is 5.49. The third kappa shape index (κ3) is 2.17. The van der Waals surface area contributed by atoms with Gasteiger partial charge in [0.25, 0.3) is 0 Å². The number of carbonyl (C=O) groups is 1. The summed E-state index contributed by atoms with van der Waals surface area (Å²) >= 11 is 0. The van der Waals surface area contributed by atoms with Crippen molar-refractivity contribution in [1.82, 2.24) is 10.9 Å². The summed E-state index contributed by atoms with van der Waals surface area (Å²) in [5, 5.41) is 12.2. The van der Waals surface area contributed by atoms with E-state index in [1.165, 1.54) is 0 Å². The largest absolute Gasteiger partial charge is 0.491 e. The predicted octanol–water partition coefficient (Wildman–Crippen LogP) is 0.265. The predicted molar refractivity (Wildman–Crippen MR) is 64.8 cm³/mol. The van der Waals surface area contributed by atoms with Crippen molar-refractivity contribution in [2.75, 3.05) is 11.9 Å². The van der Waals surface area contributed by atoms with Crippen LogP contribution in [0.5, 0.6) is 5.75 Å². The summed E-state index contributed by atoms with van der Waals surface area (Å²) in [7, 11) is 0. The monoisotopic (exact) mass is 249 g/mol. The van der Waals surface area contributed by atoms with Crippen molar-refractivity contribution < 1.29 is 14.6 Å². The molecule has 2 unspecified atom stereocenters. The Morgan fingerprint density at radius 2 is 2.22 bits per heavy atom. The lowest BCUT2D eigenvalue weighted by atomic mass is 10.0. The minimum absolute atomic E-state index is 0.0328. The number of nitrogens with one attached hydrogen (secondary N) is 3. The van der Waals surface area contributed by atoms with Crippen LogP contribution >= 0.6 is 0 Å². The fraction of sp³-hybridized carbons (Fsp3) is 0.417. The molecule has 2 aliphatic rings. The van der Waals surface area contributed by atoms with Gasteiger partial charge in [0.05, 0.1) is 24.8 Å². The zero-order valence-corrected chi connectivity index (χ0v) is 9.77. The van der Waals surface area contributed by atoms with E-state index in [1.54, 1.807) is 0 Å². The first kappa shape index (κ1) is 11.5. The normalized spacial score (nSPS) is 27.1. The fourth-order valence-corrected chi connectivity index (χ4v) is 2.21. The highest BCUT2D eigenvalue weighted by Gasteiger charge is 2.24. The van der Waals surface area contributed by atoms with E-state index in [0.29, 0.717) is 30.9 Å². The van der Waals surface area contributed by atoms with Gasteiger partial charge in [-0.05, 0) is 17.7 Å². The van der Waals surface area contributed by atoms with Crippen LogP contribution in [0.2, 0.25) is 0 Å². The molecular formula is C12H15N3O3. The van der Waals surface area contributed by atoms with Crippen molar-refractivity contribution in [3.05, 3.63) is 23.8 Å². The Labute approximate surface area is 104 Å². The summed E-state index contributed by atoms with van der Waals surface area (Å²) in [6.07, 6.45) is 0.416. The molecule has 6 nitrogen and oxygen atoms in total. The molecule has 1 amide bonds. The second-order valence-electron chi connectivity index (χ2n) is 4.49. The smallest absolute Gasteiger partial charge is 0.227 e. The highest BCUT2D eigenvalue weighted by Crippen LogP contribution is 2.32. The minimum Gasteiger partial charge on any atom is -0.491 e. The maximum Gasteiger partial charge on any atom is 0.227 e. The summed E-state index contributed by atoms with van der Waals surface area (Å²) in [5.41, 5.74) is 7.46. The third-order valence-corrected chi connectivity index (χ3v) is 3.15. The number of aliphatic hydroxyl groups excluding tert-OH is 1. The van der Waals surface area contributed by atoms with Crippen LogP contribution in [0.1, 0.15) is 24.4 Å². The Hall–Kier alpha value is -1.63. The molecule has 3 rings (SSSR count). The lowest BCUT2D eigenvalue weighted by Crippen LogP contribution is -2.30. The average molecular weight is 249 g/mol. The zero-order valence-electron chi connectivity index (χ0n) is 9.77. The first-order chi connectivity index (χ1) is 8.72. The van der Waals surface area contributed by atoms with Crippen LogP contribution in [0, 0.1) is 0 Å². The Balaban J connectivity index is 1.87. The summed E-state index contributed by atoms with van der Waals surface area (Å²) in [6.45, 7) is 0.403. The van der Waals surface area contributed by atoms with Crippen LogP contribution in [0.3, 0.4) is 0 Å². The van der Waals surface area contributed by atoms with Crippen molar-refractivity contribution in [2.45, 2.75) is 25.1 Å². The SMILES string of the molecule is O=C1CCOc2ccc(C3CC(O)NN3)cc2N1. The lowest BCUT2D eigenvalue weighted by molar-refractivity contribution is -0.116. The number of hydrogen-bond donors (Lipinski definition) is 4. The van der Waals surface area contributed by atoms with Gasteiger partial charge in [0.2, 0.25) is 5.91 Å². The van der Waals surface area contributed by atoms with E-state index in [9.17, 15) is 9.90 Å². The minimum atomic E-state index is -0.542. The van der Waals surface area contributed by atoms with Crippen molar-refractivity contribution in [2.24, 2.45) is 0 Å².